The fourth-order valence-electron chi connectivity index (χ4n) is 2.38. The van der Waals surface area contributed by atoms with Crippen molar-refractivity contribution in [3.05, 3.63) is 54.5 Å². The molecule has 0 saturated carbocycles. The van der Waals surface area contributed by atoms with Gasteiger partial charge in [-0.1, -0.05) is 25.1 Å². The van der Waals surface area contributed by atoms with Crippen LogP contribution in [0, 0.1) is 0 Å². The van der Waals surface area contributed by atoms with Crippen LogP contribution < -0.4 is 5.73 Å². The van der Waals surface area contributed by atoms with Gasteiger partial charge in [-0.05, 0) is 35.6 Å². The zero-order chi connectivity index (χ0) is 13.2. The zero-order valence-electron chi connectivity index (χ0n) is 11.2. The Morgan fingerprint density at radius 2 is 1.90 bits per heavy atom. The van der Waals surface area contributed by atoms with Crippen molar-refractivity contribution < 1.29 is 0 Å². The number of aryl methyl sites for hydroxylation is 1. The van der Waals surface area contributed by atoms with Crippen LogP contribution in [0.3, 0.4) is 0 Å². The van der Waals surface area contributed by atoms with Crippen LogP contribution in [0.1, 0.15) is 12.6 Å². The molecule has 3 rings (SSSR count). The Kier molecular flexibility index (Phi) is 4.20. The smallest absolute Gasteiger partial charge is 0.123 e. The van der Waals surface area contributed by atoms with Crippen LogP contribution in [0.4, 0.5) is 5.82 Å². The highest BCUT2D eigenvalue weighted by molar-refractivity contribution is 5.96. The Morgan fingerprint density at radius 3 is 2.70 bits per heavy atom. The number of aromatic nitrogens is 2. The van der Waals surface area contributed by atoms with E-state index in [-0.39, 0.29) is 12.4 Å². The van der Waals surface area contributed by atoms with Crippen molar-refractivity contribution >= 4 is 29.0 Å². The lowest BCUT2D eigenvalue weighted by molar-refractivity contribution is 1.05. The van der Waals surface area contributed by atoms with Crippen LogP contribution in [0.5, 0.6) is 0 Å². The molecule has 102 valence electrons. The van der Waals surface area contributed by atoms with Gasteiger partial charge in [0.2, 0.25) is 0 Å². The van der Waals surface area contributed by atoms with Gasteiger partial charge in [0.15, 0.2) is 0 Å². The minimum atomic E-state index is 0. The molecule has 2 heterocycles. The van der Waals surface area contributed by atoms with E-state index in [2.05, 4.69) is 35.1 Å². The van der Waals surface area contributed by atoms with Crippen molar-refractivity contribution in [1.29, 1.82) is 0 Å². The Labute approximate surface area is 124 Å². The molecule has 20 heavy (non-hydrogen) atoms. The van der Waals surface area contributed by atoms with Crippen molar-refractivity contribution in [1.82, 2.24) is 9.97 Å². The topological polar surface area (TPSA) is 51.8 Å². The minimum absolute atomic E-state index is 0. The predicted molar refractivity (Wildman–Crippen MR) is 86.0 cm³/mol. The number of fused-ring (bicyclic) bond motifs is 1. The second-order valence-electron chi connectivity index (χ2n) is 4.49. The minimum Gasteiger partial charge on any atom is -0.384 e. The maximum absolute atomic E-state index is 5.77. The molecule has 2 aromatic heterocycles. The van der Waals surface area contributed by atoms with Crippen LogP contribution in [0.25, 0.3) is 21.9 Å². The number of hydrogen-bond acceptors (Lipinski definition) is 3. The Balaban J connectivity index is 0.00000147. The lowest BCUT2D eigenvalue weighted by Gasteiger charge is -2.10. The summed E-state index contributed by atoms with van der Waals surface area (Å²) in [7, 11) is 0. The molecule has 1 aromatic carbocycles. The van der Waals surface area contributed by atoms with Gasteiger partial charge < -0.3 is 5.73 Å². The summed E-state index contributed by atoms with van der Waals surface area (Å²) in [6.45, 7) is 2.09. The molecule has 4 heteroatoms. The van der Waals surface area contributed by atoms with Crippen molar-refractivity contribution in [2.24, 2.45) is 0 Å². The van der Waals surface area contributed by atoms with E-state index in [0.717, 1.165) is 28.6 Å². The van der Waals surface area contributed by atoms with Crippen LogP contribution in [0.15, 0.2) is 48.8 Å². The highest BCUT2D eigenvalue weighted by atomic mass is 35.5. The second-order valence-corrected chi connectivity index (χ2v) is 4.49. The molecular formula is C16H16ClN3. The molecule has 0 aliphatic carbocycles. The van der Waals surface area contributed by atoms with Crippen molar-refractivity contribution in [2.45, 2.75) is 13.3 Å². The highest BCUT2D eigenvalue weighted by Gasteiger charge is 2.09. The average Bonchev–Trinajstić information content (AvgIpc) is 2.46. The van der Waals surface area contributed by atoms with E-state index in [4.69, 9.17) is 5.73 Å². The quantitative estimate of drug-likeness (QED) is 0.778. The normalized spacial score (nSPS) is 10.2. The summed E-state index contributed by atoms with van der Waals surface area (Å²) in [4.78, 5) is 8.66. The average molecular weight is 286 g/mol. The van der Waals surface area contributed by atoms with Gasteiger partial charge in [-0.2, -0.15) is 0 Å². The number of hydrogen-bond donors (Lipinski definition) is 1. The molecule has 0 fully saturated rings. The molecule has 0 radical (unpaired) electrons. The summed E-state index contributed by atoms with van der Waals surface area (Å²) in [5.41, 5.74) is 9.09. The van der Waals surface area contributed by atoms with E-state index in [0.29, 0.717) is 5.82 Å². The Morgan fingerprint density at radius 1 is 1.05 bits per heavy atom. The lowest BCUT2D eigenvalue weighted by Crippen LogP contribution is -1.97. The van der Waals surface area contributed by atoms with E-state index in [1.807, 2.05) is 30.6 Å². The molecular weight excluding hydrogens is 270 g/mol. The first-order chi connectivity index (χ1) is 9.29. The van der Waals surface area contributed by atoms with E-state index >= 15 is 0 Å². The third-order valence-electron chi connectivity index (χ3n) is 3.30. The molecule has 3 nitrogen and oxygen atoms in total. The van der Waals surface area contributed by atoms with Crippen LogP contribution in [-0.2, 0) is 6.42 Å². The lowest BCUT2D eigenvalue weighted by atomic mass is 9.97. The van der Waals surface area contributed by atoms with Crippen LogP contribution >= 0.6 is 12.4 Å². The van der Waals surface area contributed by atoms with Gasteiger partial charge in [-0.3, -0.25) is 4.98 Å². The van der Waals surface area contributed by atoms with Gasteiger partial charge in [-0.25, -0.2) is 4.98 Å². The van der Waals surface area contributed by atoms with E-state index in [1.165, 1.54) is 5.39 Å². The zero-order valence-corrected chi connectivity index (χ0v) is 12.0. The van der Waals surface area contributed by atoms with Gasteiger partial charge in [0.1, 0.15) is 5.82 Å². The molecule has 0 unspecified atom stereocenters. The summed E-state index contributed by atoms with van der Waals surface area (Å²) < 4.78 is 0. The molecule has 0 amide bonds. The monoisotopic (exact) mass is 285 g/mol. The van der Waals surface area contributed by atoms with Crippen LogP contribution in [0.2, 0.25) is 0 Å². The summed E-state index contributed by atoms with van der Waals surface area (Å²) in [5, 5.41) is 2.33. The van der Waals surface area contributed by atoms with Crippen molar-refractivity contribution in [2.75, 3.05) is 5.73 Å². The number of pyridine rings is 2. The van der Waals surface area contributed by atoms with E-state index < -0.39 is 0 Å². The SMILES string of the molecule is CCc1nc(N)ccc1-c1cccc2ccncc12.Cl. The first-order valence-electron chi connectivity index (χ1n) is 6.38. The third-order valence-corrected chi connectivity index (χ3v) is 3.30. The van der Waals surface area contributed by atoms with E-state index in [1.54, 1.807) is 0 Å². The summed E-state index contributed by atoms with van der Waals surface area (Å²) in [6.07, 6.45) is 4.57. The van der Waals surface area contributed by atoms with Gasteiger partial charge in [0.05, 0.1) is 5.69 Å². The van der Waals surface area contributed by atoms with Gasteiger partial charge >= 0.3 is 0 Å². The Hall–Kier alpha value is -2.13. The summed E-state index contributed by atoms with van der Waals surface area (Å²) in [5.74, 6) is 0.568. The first kappa shape index (κ1) is 14.3. The summed E-state index contributed by atoms with van der Waals surface area (Å²) >= 11 is 0. The molecule has 0 atom stereocenters. The maximum atomic E-state index is 5.77. The Bertz CT molecular complexity index is 735. The fraction of sp³-hybridized carbons (Fsp3) is 0.125. The first-order valence-corrected chi connectivity index (χ1v) is 6.38. The van der Waals surface area contributed by atoms with Crippen molar-refractivity contribution in [3.8, 4) is 11.1 Å². The highest BCUT2D eigenvalue weighted by Crippen LogP contribution is 2.30. The fourth-order valence-corrected chi connectivity index (χ4v) is 2.38. The predicted octanol–water partition coefficient (Wildman–Crippen LogP) is 3.86. The number of benzene rings is 1. The maximum Gasteiger partial charge on any atom is 0.123 e. The van der Waals surface area contributed by atoms with Gasteiger partial charge in [-0.15, -0.1) is 12.4 Å². The molecule has 0 aliphatic heterocycles. The molecule has 0 spiro atoms. The van der Waals surface area contributed by atoms with E-state index in [9.17, 15) is 0 Å². The second kappa shape index (κ2) is 5.88. The number of halogens is 1. The van der Waals surface area contributed by atoms with Crippen LogP contribution in [-0.4, -0.2) is 9.97 Å². The number of anilines is 1. The van der Waals surface area contributed by atoms with Crippen molar-refractivity contribution in [3.63, 3.8) is 0 Å². The molecule has 0 aliphatic rings. The van der Waals surface area contributed by atoms with Gasteiger partial charge in [0.25, 0.3) is 0 Å². The number of nitrogens with two attached hydrogens (primary N) is 1. The third kappa shape index (κ3) is 2.45. The number of rotatable bonds is 2. The number of nitrogen functional groups attached to an aromatic ring is 1. The molecule has 0 saturated heterocycles. The standard InChI is InChI=1S/C16H15N3.ClH/c1-2-15-13(6-7-16(17)19-15)12-5-3-4-11-8-9-18-10-14(11)12;/h3-10H,2H2,1H3,(H2,17,19);1H. The largest absolute Gasteiger partial charge is 0.384 e. The molecule has 3 aromatic rings. The molecule has 2 N–H and O–H groups in total. The van der Waals surface area contributed by atoms with Gasteiger partial charge in [0, 0.05) is 23.3 Å². The number of nitrogens with zero attached hydrogens (tertiary/aromatic N) is 2. The summed E-state index contributed by atoms with van der Waals surface area (Å²) in [6, 6.07) is 12.2. The molecule has 0 bridgehead atoms.